The molecule has 43 heavy (non-hydrogen) atoms. The van der Waals surface area contributed by atoms with E-state index in [1.807, 2.05) is 35.2 Å². The van der Waals surface area contributed by atoms with Crippen molar-refractivity contribution in [3.63, 3.8) is 0 Å². The van der Waals surface area contributed by atoms with Crippen molar-refractivity contribution in [2.75, 3.05) is 32.8 Å². The summed E-state index contributed by atoms with van der Waals surface area (Å²) in [4.78, 5) is 58.3. The molecule has 0 radical (unpaired) electrons. The Morgan fingerprint density at radius 3 is 2.33 bits per heavy atom. The van der Waals surface area contributed by atoms with Gasteiger partial charge in [-0.05, 0) is 42.5 Å². The molecule has 0 spiro atoms. The Bertz CT molecular complexity index is 1340. The van der Waals surface area contributed by atoms with E-state index in [0.29, 0.717) is 25.3 Å². The molecule has 2 aromatic carbocycles. The van der Waals surface area contributed by atoms with Gasteiger partial charge in [0.2, 0.25) is 17.7 Å². The van der Waals surface area contributed by atoms with Gasteiger partial charge in [0.1, 0.15) is 24.0 Å². The van der Waals surface area contributed by atoms with E-state index in [2.05, 4.69) is 10.6 Å². The molecule has 0 aromatic heterocycles. The molecule has 0 saturated carbocycles. The Morgan fingerprint density at radius 2 is 1.58 bits per heavy atom. The lowest BCUT2D eigenvalue weighted by molar-refractivity contribution is -0.142. The summed E-state index contributed by atoms with van der Waals surface area (Å²) < 4.78 is 20.3. The lowest BCUT2D eigenvalue weighted by Crippen LogP contribution is -2.56. The van der Waals surface area contributed by atoms with Gasteiger partial charge in [0.25, 0.3) is 5.91 Å². The van der Waals surface area contributed by atoms with E-state index in [0.717, 1.165) is 37.1 Å². The van der Waals surface area contributed by atoms with Crippen molar-refractivity contribution >= 4 is 23.6 Å². The minimum atomic E-state index is -1.32. The van der Waals surface area contributed by atoms with Crippen LogP contribution in [0.4, 0.5) is 4.39 Å². The van der Waals surface area contributed by atoms with Gasteiger partial charge in [-0.2, -0.15) is 0 Å². The molecule has 0 aliphatic carbocycles. The average molecular weight is 592 g/mol. The molecule has 2 aromatic rings. The second kappa shape index (κ2) is 12.7. The molecule has 5 atom stereocenters. The predicted molar refractivity (Wildman–Crippen MR) is 156 cm³/mol. The lowest BCUT2D eigenvalue weighted by atomic mass is 10.0. The van der Waals surface area contributed by atoms with Crippen molar-refractivity contribution < 1.29 is 28.3 Å². The summed E-state index contributed by atoms with van der Waals surface area (Å²) in [6.07, 6.45) is 1.21. The summed E-state index contributed by atoms with van der Waals surface area (Å²) in [5.74, 6) is -0.660. The molecule has 4 aliphatic heterocycles. The number of likely N-dealkylation sites (tertiary alicyclic amines) is 2. The predicted octanol–water partition coefficient (Wildman–Crippen LogP) is 1.43. The molecule has 4 amide bonds. The largest absolute Gasteiger partial charge is 0.484 e. The maximum atomic E-state index is 14.6. The fourth-order valence-corrected chi connectivity index (χ4v) is 6.68. The van der Waals surface area contributed by atoms with E-state index in [4.69, 9.17) is 4.74 Å². The van der Waals surface area contributed by atoms with E-state index >= 15 is 0 Å². The number of halogens is 1. The molecule has 4 aliphatic rings. The monoisotopic (exact) mass is 591 g/mol. The molecule has 2 bridgehead atoms. The first-order valence-electron chi connectivity index (χ1n) is 15.2. The van der Waals surface area contributed by atoms with Crippen molar-refractivity contribution in [2.45, 2.75) is 69.0 Å². The molecule has 2 N–H and O–H groups in total. The Labute approximate surface area is 250 Å². The zero-order valence-corrected chi connectivity index (χ0v) is 24.1. The van der Waals surface area contributed by atoms with Crippen LogP contribution in [0, 0.1) is 0 Å². The quantitative estimate of drug-likeness (QED) is 0.504. The molecule has 4 fully saturated rings. The number of hydrogen-bond donors (Lipinski definition) is 2. The van der Waals surface area contributed by atoms with Gasteiger partial charge in [-0.1, -0.05) is 42.5 Å². The molecule has 6 rings (SSSR count). The first-order chi connectivity index (χ1) is 20.8. The van der Waals surface area contributed by atoms with Crippen LogP contribution < -0.4 is 15.4 Å². The standard InChI is InChI=1S/C32H38FN5O5/c33-23-15-28-31(41)34-24-16-27(37(19-24)17-22-6-2-1-3-7-22)30(40)35-26(32(42)38(28)18-23)14-21-8-10-25(11-9-21)43-20-29(39)36-12-4-5-13-36/h1-3,6-11,23-24,26-28H,4-5,12-20H2,(H,34,41)(H,35,40)/t23-,24-,26?,27-,28-/m0/s1. The third-order valence-corrected chi connectivity index (χ3v) is 8.92. The van der Waals surface area contributed by atoms with Crippen molar-refractivity contribution in [1.82, 2.24) is 25.3 Å². The Balaban J connectivity index is 1.19. The normalized spacial score (nSPS) is 27.8. The zero-order valence-electron chi connectivity index (χ0n) is 24.1. The van der Waals surface area contributed by atoms with Crippen molar-refractivity contribution in [1.29, 1.82) is 0 Å². The highest BCUT2D eigenvalue weighted by Gasteiger charge is 2.46. The van der Waals surface area contributed by atoms with Crippen LogP contribution in [0.25, 0.3) is 0 Å². The summed E-state index contributed by atoms with van der Waals surface area (Å²) in [6, 6.07) is 14.1. The van der Waals surface area contributed by atoms with Crippen LogP contribution in [0.2, 0.25) is 0 Å². The van der Waals surface area contributed by atoms with Gasteiger partial charge in [0.15, 0.2) is 6.61 Å². The Hall–Kier alpha value is -3.99. The summed E-state index contributed by atoms with van der Waals surface area (Å²) in [7, 11) is 0. The maximum Gasteiger partial charge on any atom is 0.260 e. The third-order valence-electron chi connectivity index (χ3n) is 8.92. The molecule has 1 unspecified atom stereocenters. The van der Waals surface area contributed by atoms with Gasteiger partial charge >= 0.3 is 0 Å². The number of carbonyl (C=O) groups excluding carboxylic acids is 4. The number of rotatable bonds is 7. The molecular formula is C32H38FN5O5. The highest BCUT2D eigenvalue weighted by molar-refractivity contribution is 5.94. The molecule has 4 heterocycles. The van der Waals surface area contributed by atoms with Gasteiger partial charge in [-0.25, -0.2) is 4.39 Å². The van der Waals surface area contributed by atoms with E-state index in [-0.39, 0.29) is 49.8 Å². The van der Waals surface area contributed by atoms with Gasteiger partial charge in [-0.15, -0.1) is 0 Å². The fraction of sp³-hybridized carbons (Fsp3) is 0.500. The topological polar surface area (TPSA) is 111 Å². The van der Waals surface area contributed by atoms with Crippen molar-refractivity contribution in [2.24, 2.45) is 0 Å². The molecule has 10 nitrogen and oxygen atoms in total. The molecule has 11 heteroatoms. The zero-order chi connectivity index (χ0) is 29.9. The Morgan fingerprint density at radius 1 is 0.860 bits per heavy atom. The fourth-order valence-electron chi connectivity index (χ4n) is 6.68. The number of nitrogens with zero attached hydrogens (tertiary/aromatic N) is 3. The van der Waals surface area contributed by atoms with Crippen LogP contribution >= 0.6 is 0 Å². The first kappa shape index (κ1) is 29.1. The summed E-state index contributed by atoms with van der Waals surface area (Å²) >= 11 is 0. The van der Waals surface area contributed by atoms with Crippen molar-refractivity contribution in [3.8, 4) is 5.75 Å². The van der Waals surface area contributed by atoms with Crippen LogP contribution in [0.15, 0.2) is 54.6 Å². The third kappa shape index (κ3) is 6.66. The molecule has 228 valence electrons. The highest BCUT2D eigenvalue weighted by atomic mass is 19.1. The number of ether oxygens (including phenoxy) is 1. The molecular weight excluding hydrogens is 553 g/mol. The van der Waals surface area contributed by atoms with Gasteiger partial charge in [0.05, 0.1) is 12.6 Å². The van der Waals surface area contributed by atoms with E-state index < -0.39 is 30.2 Å². The van der Waals surface area contributed by atoms with Gasteiger partial charge in [-0.3, -0.25) is 24.1 Å². The van der Waals surface area contributed by atoms with Gasteiger partial charge < -0.3 is 25.2 Å². The van der Waals surface area contributed by atoms with Gasteiger partial charge in [0, 0.05) is 45.1 Å². The average Bonchev–Trinajstić information content (AvgIpc) is 3.77. The van der Waals surface area contributed by atoms with E-state index in [1.54, 1.807) is 29.2 Å². The minimum absolute atomic E-state index is 0.0405. The first-order valence-corrected chi connectivity index (χ1v) is 15.2. The van der Waals surface area contributed by atoms with Crippen LogP contribution in [0.5, 0.6) is 5.75 Å². The van der Waals surface area contributed by atoms with Crippen molar-refractivity contribution in [3.05, 3.63) is 65.7 Å². The maximum absolute atomic E-state index is 14.6. The summed E-state index contributed by atoms with van der Waals surface area (Å²) in [5, 5.41) is 5.97. The minimum Gasteiger partial charge on any atom is -0.484 e. The second-order valence-electron chi connectivity index (χ2n) is 12.0. The number of fused-ring (bicyclic) bond motifs is 3. The van der Waals surface area contributed by atoms with Crippen LogP contribution in [0.1, 0.15) is 36.8 Å². The summed E-state index contributed by atoms with van der Waals surface area (Å²) in [5.41, 5.74) is 1.80. The number of hydrogen-bond acceptors (Lipinski definition) is 6. The number of nitrogens with one attached hydrogen (secondary N) is 2. The number of benzene rings is 2. The van der Waals surface area contributed by atoms with E-state index in [1.165, 1.54) is 4.90 Å². The smallest absolute Gasteiger partial charge is 0.260 e. The number of alkyl halides is 1. The highest BCUT2D eigenvalue weighted by Crippen LogP contribution is 2.27. The van der Waals surface area contributed by atoms with E-state index in [9.17, 15) is 23.6 Å². The Kier molecular flexibility index (Phi) is 8.60. The number of amides is 4. The van der Waals surface area contributed by atoms with Crippen LogP contribution in [-0.4, -0.2) is 101 Å². The summed E-state index contributed by atoms with van der Waals surface area (Å²) in [6.45, 7) is 2.29. The number of carbonyl (C=O) groups is 4. The lowest BCUT2D eigenvalue weighted by Gasteiger charge is -2.31. The molecule has 4 saturated heterocycles. The van der Waals surface area contributed by atoms with Crippen LogP contribution in [-0.2, 0) is 32.1 Å². The van der Waals surface area contributed by atoms with Crippen LogP contribution in [0.3, 0.4) is 0 Å². The second-order valence-corrected chi connectivity index (χ2v) is 12.0. The SMILES string of the molecule is O=C1NC(Cc2ccc(OCC(=O)N3CCCC3)cc2)C(=O)N2C[C@@H](F)C[C@H]2C(=O)N[C@H]2C[C@@H]1N(Cc1ccccc1)C2.